The summed E-state index contributed by atoms with van der Waals surface area (Å²) in [5.41, 5.74) is 9.39. The fraction of sp³-hybridized carbons (Fsp3) is 0. The standard InChI is InChI=1S/C37H23N3S/c1-3-11-24(12-4-1)31-23-32(25-13-5-2-6-14-25)40-37(39-31)27-21-19-26(20-22-27)34-28-15-7-9-17-30(28)38-35-29-16-8-10-18-33(29)41-36(34)35/h1-23H. The Hall–Kier alpha value is -5.19. The van der Waals surface area contributed by atoms with Crippen LogP contribution in [0.15, 0.2) is 140 Å². The first-order valence-electron chi connectivity index (χ1n) is 13.6. The van der Waals surface area contributed by atoms with E-state index in [1.54, 1.807) is 0 Å². The molecule has 41 heavy (non-hydrogen) atoms. The Bertz CT molecular complexity index is 2130. The minimum absolute atomic E-state index is 0.711. The van der Waals surface area contributed by atoms with E-state index in [0.717, 1.165) is 50.1 Å². The number of aromatic nitrogens is 3. The number of nitrogens with zero attached hydrogens (tertiary/aromatic N) is 3. The Balaban J connectivity index is 1.30. The van der Waals surface area contributed by atoms with Crippen molar-refractivity contribution >= 4 is 42.5 Å². The molecule has 5 aromatic carbocycles. The van der Waals surface area contributed by atoms with Crippen LogP contribution in [0.25, 0.3) is 76.2 Å². The van der Waals surface area contributed by atoms with Crippen LogP contribution in [0.5, 0.6) is 0 Å². The lowest BCUT2D eigenvalue weighted by atomic mass is 9.98. The van der Waals surface area contributed by atoms with Crippen LogP contribution in [0, 0.1) is 0 Å². The summed E-state index contributed by atoms with van der Waals surface area (Å²) in [5, 5.41) is 2.36. The van der Waals surface area contributed by atoms with Gasteiger partial charge >= 0.3 is 0 Å². The van der Waals surface area contributed by atoms with Gasteiger partial charge in [-0.2, -0.15) is 0 Å². The number of hydrogen-bond acceptors (Lipinski definition) is 4. The van der Waals surface area contributed by atoms with Crippen LogP contribution in [0.3, 0.4) is 0 Å². The van der Waals surface area contributed by atoms with Crippen molar-refractivity contribution in [2.24, 2.45) is 0 Å². The second-order valence-corrected chi connectivity index (χ2v) is 11.1. The molecule has 3 aromatic heterocycles. The van der Waals surface area contributed by atoms with Crippen molar-refractivity contribution in [1.82, 2.24) is 15.0 Å². The van der Waals surface area contributed by atoms with Gasteiger partial charge in [-0.15, -0.1) is 11.3 Å². The molecule has 8 aromatic rings. The Kier molecular flexibility index (Phi) is 5.64. The maximum Gasteiger partial charge on any atom is 0.160 e. The van der Waals surface area contributed by atoms with Crippen LogP contribution < -0.4 is 0 Å². The number of para-hydroxylation sites is 1. The molecule has 0 radical (unpaired) electrons. The molecule has 0 atom stereocenters. The summed E-state index contributed by atoms with van der Waals surface area (Å²) in [6, 6.07) is 48.3. The van der Waals surface area contributed by atoms with Gasteiger partial charge in [0, 0.05) is 37.7 Å². The predicted molar refractivity (Wildman–Crippen MR) is 172 cm³/mol. The van der Waals surface area contributed by atoms with E-state index in [1.165, 1.54) is 20.3 Å². The van der Waals surface area contributed by atoms with Gasteiger partial charge in [0.2, 0.25) is 0 Å². The fourth-order valence-corrected chi connectivity index (χ4v) is 6.72. The van der Waals surface area contributed by atoms with Crippen molar-refractivity contribution in [2.75, 3.05) is 0 Å². The average Bonchev–Trinajstić information content (AvgIpc) is 3.42. The van der Waals surface area contributed by atoms with E-state index in [9.17, 15) is 0 Å². The minimum Gasteiger partial charge on any atom is -0.246 e. The van der Waals surface area contributed by atoms with Gasteiger partial charge in [-0.3, -0.25) is 0 Å². The van der Waals surface area contributed by atoms with Crippen molar-refractivity contribution in [2.45, 2.75) is 0 Å². The van der Waals surface area contributed by atoms with Gasteiger partial charge in [0.25, 0.3) is 0 Å². The first-order valence-corrected chi connectivity index (χ1v) is 14.4. The minimum atomic E-state index is 0.711. The summed E-state index contributed by atoms with van der Waals surface area (Å²) in [5.74, 6) is 0.711. The molecule has 0 fully saturated rings. The number of hydrogen-bond donors (Lipinski definition) is 0. The molecule has 3 heterocycles. The molecule has 0 saturated carbocycles. The van der Waals surface area contributed by atoms with Crippen LogP contribution >= 0.6 is 11.3 Å². The number of pyridine rings is 1. The van der Waals surface area contributed by atoms with Crippen LogP contribution in [-0.4, -0.2) is 15.0 Å². The van der Waals surface area contributed by atoms with E-state index in [2.05, 4.69) is 103 Å². The third kappa shape index (κ3) is 4.17. The van der Waals surface area contributed by atoms with Gasteiger partial charge in [-0.1, -0.05) is 121 Å². The average molecular weight is 542 g/mol. The van der Waals surface area contributed by atoms with Gasteiger partial charge in [0.15, 0.2) is 5.82 Å². The summed E-state index contributed by atoms with van der Waals surface area (Å²) >= 11 is 1.81. The molecule has 0 aliphatic heterocycles. The van der Waals surface area contributed by atoms with Crippen molar-refractivity contribution in [3.63, 3.8) is 0 Å². The molecule has 192 valence electrons. The van der Waals surface area contributed by atoms with Gasteiger partial charge < -0.3 is 0 Å². The monoisotopic (exact) mass is 541 g/mol. The van der Waals surface area contributed by atoms with Crippen molar-refractivity contribution in [3.8, 4) is 45.0 Å². The highest BCUT2D eigenvalue weighted by Gasteiger charge is 2.17. The summed E-state index contributed by atoms with van der Waals surface area (Å²) in [6.07, 6.45) is 0. The molecule has 3 nitrogen and oxygen atoms in total. The smallest absolute Gasteiger partial charge is 0.160 e. The molecular weight excluding hydrogens is 518 g/mol. The Morgan fingerprint density at radius 2 is 1.00 bits per heavy atom. The molecule has 0 amide bonds. The summed E-state index contributed by atoms with van der Waals surface area (Å²) in [7, 11) is 0. The topological polar surface area (TPSA) is 38.7 Å². The van der Waals surface area contributed by atoms with E-state index in [4.69, 9.17) is 15.0 Å². The fourth-order valence-electron chi connectivity index (χ4n) is 5.50. The Morgan fingerprint density at radius 3 is 1.68 bits per heavy atom. The van der Waals surface area contributed by atoms with Crippen LogP contribution in [-0.2, 0) is 0 Å². The molecule has 4 heteroatoms. The van der Waals surface area contributed by atoms with Crippen LogP contribution in [0.4, 0.5) is 0 Å². The van der Waals surface area contributed by atoms with Crippen LogP contribution in [0.1, 0.15) is 0 Å². The van der Waals surface area contributed by atoms with E-state index >= 15 is 0 Å². The predicted octanol–water partition coefficient (Wildman–Crippen LogP) is 10.1. The maximum absolute atomic E-state index is 5.08. The molecule has 0 N–H and O–H groups in total. The lowest BCUT2D eigenvalue weighted by Crippen LogP contribution is -1.96. The third-order valence-electron chi connectivity index (χ3n) is 7.50. The lowest BCUT2D eigenvalue weighted by molar-refractivity contribution is 1.18. The third-order valence-corrected chi connectivity index (χ3v) is 8.68. The summed E-state index contributed by atoms with van der Waals surface area (Å²) < 4.78 is 2.47. The SMILES string of the molecule is c1ccc(-c2cc(-c3ccccc3)nc(-c3ccc(-c4c5ccccc5nc5c4sc4ccccc45)cc3)n2)cc1. The molecule has 0 spiro atoms. The second kappa shape index (κ2) is 9.77. The highest BCUT2D eigenvalue weighted by Crippen LogP contribution is 2.42. The van der Waals surface area contributed by atoms with Gasteiger partial charge in [0.05, 0.1) is 27.1 Å². The summed E-state index contributed by atoms with van der Waals surface area (Å²) in [6.45, 7) is 0. The number of fused-ring (bicyclic) bond motifs is 4. The Morgan fingerprint density at radius 1 is 0.439 bits per heavy atom. The van der Waals surface area contributed by atoms with Gasteiger partial charge in [0.1, 0.15) is 0 Å². The van der Waals surface area contributed by atoms with E-state index in [-0.39, 0.29) is 0 Å². The van der Waals surface area contributed by atoms with E-state index < -0.39 is 0 Å². The summed E-state index contributed by atoms with van der Waals surface area (Å²) in [4.78, 5) is 15.1. The van der Waals surface area contributed by atoms with Crippen LogP contribution in [0.2, 0.25) is 0 Å². The maximum atomic E-state index is 5.08. The molecule has 8 rings (SSSR count). The number of thiophene rings is 1. The molecule has 0 aliphatic rings. The van der Waals surface area contributed by atoms with Crippen molar-refractivity contribution < 1.29 is 0 Å². The molecule has 0 aliphatic carbocycles. The molecule has 0 unspecified atom stereocenters. The normalized spacial score (nSPS) is 11.4. The first kappa shape index (κ1) is 23.7. The van der Waals surface area contributed by atoms with E-state index in [1.807, 2.05) is 47.7 Å². The molecule has 0 bridgehead atoms. The van der Waals surface area contributed by atoms with Crippen molar-refractivity contribution in [1.29, 1.82) is 0 Å². The van der Waals surface area contributed by atoms with Gasteiger partial charge in [-0.25, -0.2) is 15.0 Å². The zero-order chi connectivity index (χ0) is 27.2. The quantitative estimate of drug-likeness (QED) is 0.222. The molecular formula is C37H23N3S. The van der Waals surface area contributed by atoms with E-state index in [0.29, 0.717) is 5.82 Å². The number of rotatable bonds is 4. The Labute approximate surface area is 241 Å². The molecule has 0 saturated heterocycles. The lowest BCUT2D eigenvalue weighted by Gasteiger charge is -2.11. The van der Waals surface area contributed by atoms with Gasteiger partial charge in [-0.05, 0) is 23.8 Å². The van der Waals surface area contributed by atoms with Crippen molar-refractivity contribution in [3.05, 3.63) is 140 Å². The largest absolute Gasteiger partial charge is 0.246 e. The highest BCUT2D eigenvalue weighted by atomic mass is 32.1. The first-order chi connectivity index (χ1) is 20.3. The zero-order valence-electron chi connectivity index (χ0n) is 22.0. The second-order valence-electron chi connectivity index (χ2n) is 10.1. The number of benzene rings is 5. The zero-order valence-corrected chi connectivity index (χ0v) is 22.8. The highest BCUT2D eigenvalue weighted by molar-refractivity contribution is 7.26.